The van der Waals surface area contributed by atoms with Gasteiger partial charge in [0.05, 0.1) is 11.0 Å². The van der Waals surface area contributed by atoms with E-state index in [0.717, 1.165) is 33.1 Å². The van der Waals surface area contributed by atoms with Crippen molar-refractivity contribution in [2.75, 3.05) is 5.73 Å². The number of aromatic nitrogens is 2. The van der Waals surface area contributed by atoms with E-state index in [2.05, 4.69) is 9.97 Å². The Balaban J connectivity index is 2.24. The molecule has 0 aliphatic heterocycles. The van der Waals surface area contributed by atoms with E-state index in [-0.39, 0.29) is 11.2 Å². The zero-order valence-electron chi connectivity index (χ0n) is 11.2. The lowest BCUT2D eigenvalue weighted by Crippen LogP contribution is -2.13. The summed E-state index contributed by atoms with van der Waals surface area (Å²) >= 11 is 0. The summed E-state index contributed by atoms with van der Waals surface area (Å²) in [5, 5.41) is 0.988. The number of nitrogen functional groups attached to an aromatic ring is 1. The first-order valence-corrected chi connectivity index (χ1v) is 6.73. The zero-order chi connectivity index (χ0) is 14.4. The average molecular weight is 275 g/mol. The third kappa shape index (κ3) is 1.66. The number of pyridine rings is 1. The fourth-order valence-corrected chi connectivity index (χ4v) is 2.79. The molecule has 0 bridgehead atoms. The van der Waals surface area contributed by atoms with Crippen LogP contribution < -0.4 is 11.3 Å². The van der Waals surface area contributed by atoms with Crippen molar-refractivity contribution in [1.29, 1.82) is 0 Å². The van der Waals surface area contributed by atoms with Crippen LogP contribution in [-0.2, 0) is 0 Å². The molecular formula is C17H13N3O. The van der Waals surface area contributed by atoms with Crippen LogP contribution in [0.3, 0.4) is 0 Å². The average Bonchev–Trinajstić information content (AvgIpc) is 2.87. The number of para-hydroxylation sites is 1. The Morgan fingerprint density at radius 2 is 1.52 bits per heavy atom. The Labute approximate surface area is 120 Å². The summed E-state index contributed by atoms with van der Waals surface area (Å²) in [5.74, 6) is 0. The van der Waals surface area contributed by atoms with Crippen LogP contribution in [0, 0.1) is 0 Å². The first-order valence-electron chi connectivity index (χ1n) is 6.73. The molecule has 0 fully saturated rings. The topological polar surface area (TPSA) is 74.7 Å². The van der Waals surface area contributed by atoms with Gasteiger partial charge in [-0.1, -0.05) is 48.5 Å². The highest BCUT2D eigenvalue weighted by atomic mass is 16.1. The quantitative estimate of drug-likeness (QED) is 0.499. The van der Waals surface area contributed by atoms with Crippen LogP contribution in [-0.4, -0.2) is 9.97 Å². The molecule has 2 aromatic carbocycles. The molecule has 0 saturated heterocycles. The van der Waals surface area contributed by atoms with E-state index in [1.807, 2.05) is 54.6 Å². The van der Waals surface area contributed by atoms with E-state index in [9.17, 15) is 4.79 Å². The lowest BCUT2D eigenvalue weighted by molar-refractivity contribution is 1.31. The van der Waals surface area contributed by atoms with Crippen LogP contribution in [0.25, 0.3) is 33.1 Å². The second-order valence-corrected chi connectivity index (χ2v) is 5.03. The molecule has 0 aliphatic rings. The molecule has 0 saturated carbocycles. The number of nitrogens with one attached hydrogen (secondary N) is 2. The number of benzene rings is 2. The number of H-pyrrole nitrogens is 2. The first kappa shape index (κ1) is 11.8. The normalized spacial score (nSPS) is 11.2. The van der Waals surface area contributed by atoms with Gasteiger partial charge in [-0.2, -0.15) is 0 Å². The van der Waals surface area contributed by atoms with Crippen molar-refractivity contribution < 1.29 is 0 Å². The van der Waals surface area contributed by atoms with Crippen LogP contribution in [0.15, 0.2) is 59.4 Å². The Hall–Kier alpha value is -3.01. The highest BCUT2D eigenvalue weighted by Crippen LogP contribution is 2.33. The summed E-state index contributed by atoms with van der Waals surface area (Å²) in [5.41, 5.74) is 10.3. The molecule has 21 heavy (non-hydrogen) atoms. The van der Waals surface area contributed by atoms with Crippen molar-refractivity contribution in [3.05, 3.63) is 65.0 Å². The maximum atomic E-state index is 12.2. The molecule has 0 atom stereocenters. The van der Waals surface area contributed by atoms with Gasteiger partial charge in [0.1, 0.15) is 5.69 Å². The fraction of sp³-hybridized carbons (Fsp3) is 0. The predicted molar refractivity (Wildman–Crippen MR) is 86.3 cm³/mol. The van der Waals surface area contributed by atoms with Crippen molar-refractivity contribution in [2.45, 2.75) is 0 Å². The lowest BCUT2D eigenvalue weighted by atomic mass is 10.0. The molecule has 0 unspecified atom stereocenters. The van der Waals surface area contributed by atoms with Crippen molar-refractivity contribution in [3.63, 3.8) is 0 Å². The highest BCUT2D eigenvalue weighted by molar-refractivity contribution is 6.11. The third-order valence-electron chi connectivity index (χ3n) is 3.77. The van der Waals surface area contributed by atoms with Gasteiger partial charge in [0, 0.05) is 16.5 Å². The van der Waals surface area contributed by atoms with Crippen LogP contribution in [0.4, 0.5) is 5.69 Å². The van der Waals surface area contributed by atoms with Gasteiger partial charge in [0.25, 0.3) is 5.56 Å². The molecule has 4 aromatic rings. The molecular weight excluding hydrogens is 262 g/mol. The molecule has 0 radical (unpaired) electrons. The smallest absolute Gasteiger partial charge is 0.272 e. The van der Waals surface area contributed by atoms with E-state index < -0.39 is 0 Å². The van der Waals surface area contributed by atoms with Gasteiger partial charge in [-0.3, -0.25) is 4.79 Å². The van der Waals surface area contributed by atoms with Gasteiger partial charge in [0.2, 0.25) is 0 Å². The van der Waals surface area contributed by atoms with Gasteiger partial charge in [-0.15, -0.1) is 0 Å². The Morgan fingerprint density at radius 3 is 2.33 bits per heavy atom. The Bertz CT molecular complexity index is 1010. The van der Waals surface area contributed by atoms with Crippen LogP contribution in [0.1, 0.15) is 0 Å². The van der Waals surface area contributed by atoms with E-state index in [0.29, 0.717) is 0 Å². The molecule has 0 spiro atoms. The van der Waals surface area contributed by atoms with Gasteiger partial charge < -0.3 is 15.7 Å². The third-order valence-corrected chi connectivity index (χ3v) is 3.77. The largest absolute Gasteiger partial charge is 0.394 e. The van der Waals surface area contributed by atoms with Crippen molar-refractivity contribution >= 4 is 27.6 Å². The minimum atomic E-state index is -0.258. The van der Waals surface area contributed by atoms with Gasteiger partial charge in [-0.05, 0) is 11.6 Å². The first-order chi connectivity index (χ1) is 10.3. The van der Waals surface area contributed by atoms with Crippen molar-refractivity contribution in [3.8, 4) is 11.1 Å². The highest BCUT2D eigenvalue weighted by Gasteiger charge is 2.15. The van der Waals surface area contributed by atoms with Crippen molar-refractivity contribution in [2.24, 2.45) is 0 Å². The number of anilines is 1. The van der Waals surface area contributed by atoms with Gasteiger partial charge >= 0.3 is 0 Å². The SMILES string of the molecule is Nc1c(-c2ccccc2)c2[nH]c3ccccc3c2[nH]c1=O. The van der Waals surface area contributed by atoms with E-state index in [4.69, 9.17) is 5.73 Å². The number of hydrogen-bond acceptors (Lipinski definition) is 2. The molecule has 0 aliphatic carbocycles. The van der Waals surface area contributed by atoms with Crippen molar-refractivity contribution in [1.82, 2.24) is 9.97 Å². The zero-order valence-corrected chi connectivity index (χ0v) is 11.2. The second-order valence-electron chi connectivity index (χ2n) is 5.03. The summed E-state index contributed by atoms with van der Waals surface area (Å²) in [4.78, 5) is 18.4. The molecule has 102 valence electrons. The maximum absolute atomic E-state index is 12.2. The summed E-state index contributed by atoms with van der Waals surface area (Å²) in [6.45, 7) is 0. The van der Waals surface area contributed by atoms with E-state index in [1.165, 1.54) is 0 Å². The maximum Gasteiger partial charge on any atom is 0.272 e. The van der Waals surface area contributed by atoms with Crippen LogP contribution in [0.2, 0.25) is 0 Å². The predicted octanol–water partition coefficient (Wildman–Crippen LogP) is 3.26. The molecule has 4 heteroatoms. The molecule has 2 aromatic heterocycles. The van der Waals surface area contributed by atoms with E-state index in [1.54, 1.807) is 0 Å². The second kappa shape index (κ2) is 4.24. The summed E-state index contributed by atoms with van der Waals surface area (Å²) < 4.78 is 0. The summed E-state index contributed by atoms with van der Waals surface area (Å²) in [7, 11) is 0. The number of rotatable bonds is 1. The summed E-state index contributed by atoms with van der Waals surface area (Å²) in [6, 6.07) is 17.6. The van der Waals surface area contributed by atoms with Gasteiger partial charge in [0.15, 0.2) is 0 Å². The monoisotopic (exact) mass is 275 g/mol. The number of fused-ring (bicyclic) bond motifs is 3. The van der Waals surface area contributed by atoms with E-state index >= 15 is 0 Å². The molecule has 4 rings (SSSR count). The number of hydrogen-bond donors (Lipinski definition) is 3. The number of aromatic amines is 2. The Kier molecular flexibility index (Phi) is 2.38. The molecule has 2 heterocycles. The molecule has 0 amide bonds. The standard InChI is InChI=1S/C17H13N3O/c18-14-13(10-6-2-1-3-7-10)16-15(20-17(14)21)11-8-4-5-9-12(11)19-16/h1-9,19H,18H2,(H,20,21). The summed E-state index contributed by atoms with van der Waals surface area (Å²) in [6.07, 6.45) is 0. The minimum Gasteiger partial charge on any atom is -0.394 e. The molecule has 4 nitrogen and oxygen atoms in total. The lowest BCUT2D eigenvalue weighted by Gasteiger charge is -2.06. The minimum absolute atomic E-state index is 0.236. The van der Waals surface area contributed by atoms with Crippen LogP contribution >= 0.6 is 0 Å². The Morgan fingerprint density at radius 1 is 0.810 bits per heavy atom. The van der Waals surface area contributed by atoms with Gasteiger partial charge in [-0.25, -0.2) is 0 Å². The number of nitrogens with two attached hydrogens (primary N) is 1. The fourth-order valence-electron chi connectivity index (χ4n) is 2.79. The molecule has 4 N–H and O–H groups in total. The van der Waals surface area contributed by atoms with Crippen LogP contribution in [0.5, 0.6) is 0 Å².